The summed E-state index contributed by atoms with van der Waals surface area (Å²) in [6.07, 6.45) is -2.06. The van der Waals surface area contributed by atoms with Crippen LogP contribution in [0.4, 0.5) is 13.2 Å². The Kier molecular flexibility index (Phi) is 13.2. The number of nitrogens with zero attached hydrogens (tertiary/aromatic N) is 2. The first-order valence-electron chi connectivity index (χ1n) is 8.19. The highest BCUT2D eigenvalue weighted by Crippen LogP contribution is 2.17. The fourth-order valence-corrected chi connectivity index (χ4v) is 1.78. The average molecular weight is 490 g/mol. The van der Waals surface area contributed by atoms with Gasteiger partial charge in [-0.3, -0.25) is 0 Å². The maximum atomic E-state index is 12.1. The molecule has 0 aromatic carbocycles. The Hall–Kier alpha value is -1.30. The second kappa shape index (κ2) is 13.8. The lowest BCUT2D eigenvalue weighted by atomic mass is 10.3. The second-order valence-corrected chi connectivity index (χ2v) is 5.08. The van der Waals surface area contributed by atoms with Crippen LogP contribution >= 0.6 is 24.0 Å². The van der Waals surface area contributed by atoms with E-state index in [0.717, 1.165) is 25.1 Å². The van der Waals surface area contributed by atoms with Crippen LogP contribution < -0.4 is 15.4 Å². The van der Waals surface area contributed by atoms with Gasteiger partial charge in [-0.15, -0.1) is 24.0 Å². The summed E-state index contributed by atoms with van der Waals surface area (Å²) in [7, 11) is 0. The largest absolute Gasteiger partial charge is 0.468 e. The van der Waals surface area contributed by atoms with Crippen molar-refractivity contribution in [3.8, 4) is 5.88 Å². The smallest absolute Gasteiger partial charge is 0.422 e. The molecule has 0 bridgehead atoms. The second-order valence-electron chi connectivity index (χ2n) is 5.08. The Bertz CT molecular complexity index is 513. The molecule has 0 spiro atoms. The van der Waals surface area contributed by atoms with E-state index in [2.05, 4.69) is 25.3 Å². The zero-order valence-electron chi connectivity index (χ0n) is 14.9. The Morgan fingerprint density at radius 2 is 2.00 bits per heavy atom. The van der Waals surface area contributed by atoms with E-state index in [4.69, 9.17) is 4.74 Å². The van der Waals surface area contributed by atoms with Gasteiger partial charge in [-0.2, -0.15) is 13.2 Å². The van der Waals surface area contributed by atoms with E-state index >= 15 is 0 Å². The number of pyridine rings is 1. The van der Waals surface area contributed by atoms with Gasteiger partial charge in [-0.1, -0.05) is 6.07 Å². The van der Waals surface area contributed by atoms with Crippen molar-refractivity contribution in [2.45, 2.75) is 33.0 Å². The summed E-state index contributed by atoms with van der Waals surface area (Å²) in [6.45, 7) is 5.75. The minimum absolute atomic E-state index is 0. The summed E-state index contributed by atoms with van der Waals surface area (Å²) in [5.41, 5.74) is 0.769. The number of alkyl halides is 3. The lowest BCUT2D eigenvalue weighted by molar-refractivity contribution is -0.154. The Morgan fingerprint density at radius 1 is 1.23 bits per heavy atom. The van der Waals surface area contributed by atoms with Crippen LogP contribution in [-0.2, 0) is 11.3 Å². The van der Waals surface area contributed by atoms with Gasteiger partial charge < -0.3 is 20.1 Å². The van der Waals surface area contributed by atoms with Gasteiger partial charge in [0.25, 0.3) is 0 Å². The van der Waals surface area contributed by atoms with Crippen molar-refractivity contribution >= 4 is 29.9 Å². The van der Waals surface area contributed by atoms with Gasteiger partial charge in [0.15, 0.2) is 12.6 Å². The third-order valence-corrected chi connectivity index (χ3v) is 2.91. The number of hydrogen-bond acceptors (Lipinski definition) is 4. The Morgan fingerprint density at radius 3 is 2.58 bits per heavy atom. The van der Waals surface area contributed by atoms with E-state index in [1.807, 2.05) is 13.8 Å². The summed E-state index contributed by atoms with van der Waals surface area (Å²) < 4.78 is 46.1. The van der Waals surface area contributed by atoms with E-state index < -0.39 is 12.8 Å². The first-order chi connectivity index (χ1) is 11.9. The number of aliphatic imine (C=N–C) groups is 1. The molecule has 6 nitrogen and oxygen atoms in total. The lowest BCUT2D eigenvalue weighted by Crippen LogP contribution is -2.38. The van der Waals surface area contributed by atoms with E-state index in [1.54, 1.807) is 6.07 Å². The van der Waals surface area contributed by atoms with Crippen molar-refractivity contribution in [3.63, 3.8) is 0 Å². The van der Waals surface area contributed by atoms with Crippen LogP contribution in [0.15, 0.2) is 23.3 Å². The van der Waals surface area contributed by atoms with Gasteiger partial charge in [-0.05, 0) is 25.8 Å². The number of rotatable bonds is 10. The molecular weight excluding hydrogens is 464 g/mol. The molecule has 0 aliphatic heterocycles. The highest BCUT2D eigenvalue weighted by Gasteiger charge is 2.28. The van der Waals surface area contributed by atoms with Crippen molar-refractivity contribution in [3.05, 3.63) is 23.9 Å². The maximum absolute atomic E-state index is 12.1. The number of hydrogen-bond donors (Lipinski definition) is 2. The quantitative estimate of drug-likeness (QED) is 0.229. The van der Waals surface area contributed by atoms with Gasteiger partial charge in [0.1, 0.15) is 0 Å². The Labute approximate surface area is 169 Å². The predicted molar refractivity (Wildman–Crippen MR) is 105 cm³/mol. The van der Waals surface area contributed by atoms with Crippen LogP contribution in [0.25, 0.3) is 0 Å². The van der Waals surface area contributed by atoms with Crippen LogP contribution in [0.5, 0.6) is 5.88 Å². The third-order valence-electron chi connectivity index (χ3n) is 2.91. The minimum Gasteiger partial charge on any atom is -0.468 e. The fraction of sp³-hybridized carbons (Fsp3) is 0.625. The van der Waals surface area contributed by atoms with E-state index in [0.29, 0.717) is 25.7 Å². The van der Waals surface area contributed by atoms with Crippen LogP contribution in [0, 0.1) is 0 Å². The van der Waals surface area contributed by atoms with Crippen LogP contribution in [0.1, 0.15) is 25.8 Å². The van der Waals surface area contributed by atoms with Crippen molar-refractivity contribution in [1.82, 2.24) is 15.6 Å². The SMILES string of the molecule is CCNC(=NCc1ccc(OCC(F)(F)F)nc1)NCCCOCC.I. The Balaban J connectivity index is 0.00000625. The molecule has 150 valence electrons. The summed E-state index contributed by atoms with van der Waals surface area (Å²) in [5, 5.41) is 6.31. The van der Waals surface area contributed by atoms with Crippen molar-refractivity contribution < 1.29 is 22.6 Å². The van der Waals surface area contributed by atoms with Crippen LogP contribution in [0.3, 0.4) is 0 Å². The average Bonchev–Trinajstić information content (AvgIpc) is 2.58. The van der Waals surface area contributed by atoms with E-state index in [-0.39, 0.29) is 29.9 Å². The molecule has 0 aliphatic carbocycles. The van der Waals surface area contributed by atoms with Gasteiger partial charge in [-0.25, -0.2) is 9.98 Å². The molecule has 0 fully saturated rings. The zero-order chi connectivity index (χ0) is 18.5. The molecule has 0 radical (unpaired) electrons. The summed E-state index contributed by atoms with van der Waals surface area (Å²) in [5.74, 6) is 0.599. The fourth-order valence-electron chi connectivity index (χ4n) is 1.78. The number of guanidine groups is 1. The van der Waals surface area contributed by atoms with Gasteiger partial charge in [0, 0.05) is 38.6 Å². The van der Waals surface area contributed by atoms with Crippen molar-refractivity contribution in [2.75, 3.05) is 32.9 Å². The number of ether oxygens (including phenoxy) is 2. The summed E-state index contributed by atoms with van der Waals surface area (Å²) in [4.78, 5) is 8.26. The zero-order valence-corrected chi connectivity index (χ0v) is 17.3. The predicted octanol–water partition coefficient (Wildman–Crippen LogP) is 3.12. The molecule has 0 unspecified atom stereocenters. The maximum Gasteiger partial charge on any atom is 0.422 e. The van der Waals surface area contributed by atoms with Crippen LogP contribution in [0.2, 0.25) is 0 Å². The first kappa shape index (κ1) is 24.7. The normalized spacial score (nSPS) is 11.7. The highest BCUT2D eigenvalue weighted by atomic mass is 127. The summed E-state index contributed by atoms with van der Waals surface area (Å²) >= 11 is 0. The van der Waals surface area contributed by atoms with E-state index in [9.17, 15) is 13.2 Å². The first-order valence-corrected chi connectivity index (χ1v) is 8.19. The number of nitrogens with one attached hydrogen (secondary N) is 2. The van der Waals surface area contributed by atoms with Gasteiger partial charge in [0.2, 0.25) is 5.88 Å². The minimum atomic E-state index is -4.38. The molecule has 0 atom stereocenters. The molecule has 1 aromatic heterocycles. The third kappa shape index (κ3) is 12.1. The number of halogens is 4. The lowest BCUT2D eigenvalue weighted by Gasteiger charge is -2.11. The molecule has 0 saturated heterocycles. The van der Waals surface area contributed by atoms with Crippen LogP contribution in [-0.4, -0.2) is 50.0 Å². The van der Waals surface area contributed by atoms with E-state index in [1.165, 1.54) is 12.3 Å². The molecule has 1 aromatic rings. The molecule has 10 heteroatoms. The van der Waals surface area contributed by atoms with Crippen molar-refractivity contribution in [2.24, 2.45) is 4.99 Å². The summed E-state index contributed by atoms with van der Waals surface area (Å²) in [6, 6.07) is 3.04. The molecular formula is C16H26F3IN4O2. The molecule has 2 N–H and O–H groups in total. The highest BCUT2D eigenvalue weighted by molar-refractivity contribution is 14.0. The molecule has 1 rings (SSSR count). The molecule has 0 saturated carbocycles. The standard InChI is InChI=1S/C16H25F3N4O2.HI/c1-3-20-15(21-8-5-9-24-4-2)23-11-13-6-7-14(22-10-13)25-12-16(17,18)19;/h6-7,10H,3-5,8-9,11-12H2,1-2H3,(H2,20,21,23);1H. The molecule has 26 heavy (non-hydrogen) atoms. The van der Waals surface area contributed by atoms with Crippen molar-refractivity contribution in [1.29, 1.82) is 0 Å². The molecule has 1 heterocycles. The monoisotopic (exact) mass is 490 g/mol. The molecule has 0 amide bonds. The molecule has 0 aliphatic rings. The van der Waals surface area contributed by atoms with Gasteiger partial charge >= 0.3 is 6.18 Å². The van der Waals surface area contributed by atoms with Gasteiger partial charge in [0.05, 0.1) is 6.54 Å². The topological polar surface area (TPSA) is 67.8 Å². The number of aromatic nitrogens is 1.